The summed E-state index contributed by atoms with van der Waals surface area (Å²) in [7, 11) is 0. The number of hydrogen-bond donors (Lipinski definition) is 3. The van der Waals surface area contributed by atoms with Crippen LogP contribution in [0.1, 0.15) is 30.5 Å². The van der Waals surface area contributed by atoms with Crippen LogP contribution in [0.25, 0.3) is 11.6 Å². The third-order valence-corrected chi connectivity index (χ3v) is 4.16. The lowest BCUT2D eigenvalue weighted by molar-refractivity contribution is -0.131. The van der Waals surface area contributed by atoms with E-state index >= 15 is 0 Å². The molecule has 0 atom stereocenters. The van der Waals surface area contributed by atoms with Gasteiger partial charge in [-0.1, -0.05) is 29.8 Å². The van der Waals surface area contributed by atoms with Gasteiger partial charge in [0.1, 0.15) is 17.1 Å². The molecule has 0 bridgehead atoms. The smallest absolute Gasteiger partial charge is 0.348 e. The number of aliphatic hydroxyl groups excluding tert-OH is 1. The van der Waals surface area contributed by atoms with E-state index in [1.165, 1.54) is 24.3 Å². The van der Waals surface area contributed by atoms with Crippen molar-refractivity contribution in [2.45, 2.75) is 20.3 Å². The van der Waals surface area contributed by atoms with E-state index in [0.717, 1.165) is 11.1 Å². The summed E-state index contributed by atoms with van der Waals surface area (Å²) < 4.78 is 5.20. The number of phenols is 2. The average Bonchev–Trinajstić information content (AvgIpc) is 2.90. The van der Waals surface area contributed by atoms with Gasteiger partial charge in [-0.05, 0) is 67.3 Å². The predicted octanol–water partition coefficient (Wildman–Crippen LogP) is 4.47. The number of aromatic hydroxyl groups is 2. The Morgan fingerprint density at radius 1 is 1.04 bits per heavy atom. The van der Waals surface area contributed by atoms with E-state index in [0.29, 0.717) is 17.5 Å². The molecule has 2 aromatic carbocycles. The van der Waals surface area contributed by atoms with Crippen molar-refractivity contribution in [1.29, 1.82) is 0 Å². The highest BCUT2D eigenvalue weighted by molar-refractivity contribution is 6.20. The molecule has 0 aliphatic carbocycles. The number of carbonyl (C=O) groups is 1. The van der Waals surface area contributed by atoms with Crippen molar-refractivity contribution in [1.82, 2.24) is 0 Å². The first-order valence-electron chi connectivity index (χ1n) is 8.47. The highest BCUT2D eigenvalue weighted by atomic mass is 16.6. The van der Waals surface area contributed by atoms with Crippen LogP contribution in [0, 0.1) is 0 Å². The zero-order chi connectivity index (χ0) is 19.6. The Kier molecular flexibility index (Phi) is 5.03. The summed E-state index contributed by atoms with van der Waals surface area (Å²) in [4.78, 5) is 12.2. The van der Waals surface area contributed by atoms with Crippen molar-refractivity contribution in [2.24, 2.45) is 0 Å². The van der Waals surface area contributed by atoms with Gasteiger partial charge < -0.3 is 20.1 Å². The first-order chi connectivity index (χ1) is 12.8. The summed E-state index contributed by atoms with van der Waals surface area (Å²) in [5.74, 6) is -0.629. The molecule has 5 heteroatoms. The molecule has 0 saturated heterocycles. The van der Waals surface area contributed by atoms with Gasteiger partial charge in [0.05, 0.1) is 0 Å². The van der Waals surface area contributed by atoms with Gasteiger partial charge in [0, 0.05) is 0 Å². The summed E-state index contributed by atoms with van der Waals surface area (Å²) in [5, 5.41) is 29.8. The van der Waals surface area contributed by atoms with Crippen LogP contribution in [-0.2, 0) is 16.0 Å². The third kappa shape index (κ3) is 4.03. The number of rotatable bonds is 4. The summed E-state index contributed by atoms with van der Waals surface area (Å²) in [6, 6.07) is 10.9. The molecule has 0 fully saturated rings. The summed E-state index contributed by atoms with van der Waals surface area (Å²) >= 11 is 0. The summed E-state index contributed by atoms with van der Waals surface area (Å²) in [6.45, 7) is 3.96. The van der Waals surface area contributed by atoms with Gasteiger partial charge >= 0.3 is 5.97 Å². The maximum absolute atomic E-state index is 12.2. The highest BCUT2D eigenvalue weighted by Crippen LogP contribution is 2.33. The zero-order valence-corrected chi connectivity index (χ0v) is 15.1. The Bertz CT molecular complexity index is 974. The molecule has 2 aromatic rings. The van der Waals surface area contributed by atoms with Crippen LogP contribution in [0.2, 0.25) is 0 Å². The minimum atomic E-state index is -0.659. The fourth-order valence-corrected chi connectivity index (χ4v) is 2.72. The van der Waals surface area contributed by atoms with Crippen molar-refractivity contribution < 1.29 is 24.9 Å². The molecule has 0 radical (unpaired) electrons. The van der Waals surface area contributed by atoms with Crippen molar-refractivity contribution in [3.63, 3.8) is 0 Å². The lowest BCUT2D eigenvalue weighted by atomic mass is 10.0. The number of aliphatic hydroxyl groups is 1. The van der Waals surface area contributed by atoms with Crippen LogP contribution in [-0.4, -0.2) is 21.3 Å². The second-order valence-corrected chi connectivity index (χ2v) is 6.54. The SMILES string of the molecule is CC(C)=CCc1cc(C=C2OC(=O)C(c3ccc(O)cc3)=C2O)ccc1O. The minimum absolute atomic E-state index is 0.0435. The normalized spacial score (nSPS) is 15.2. The van der Waals surface area contributed by atoms with E-state index < -0.39 is 5.97 Å². The Morgan fingerprint density at radius 3 is 2.41 bits per heavy atom. The Morgan fingerprint density at radius 2 is 1.74 bits per heavy atom. The number of benzene rings is 2. The summed E-state index contributed by atoms with van der Waals surface area (Å²) in [5.41, 5.74) is 3.06. The Hall–Kier alpha value is -3.47. The molecule has 0 amide bonds. The molecule has 1 aliphatic heterocycles. The molecule has 0 spiro atoms. The van der Waals surface area contributed by atoms with Crippen molar-refractivity contribution >= 4 is 17.6 Å². The minimum Gasteiger partial charge on any atom is -0.508 e. The van der Waals surface area contributed by atoms with Crippen LogP contribution < -0.4 is 0 Å². The van der Waals surface area contributed by atoms with Gasteiger partial charge in [0.15, 0.2) is 11.5 Å². The van der Waals surface area contributed by atoms with Crippen molar-refractivity contribution in [3.8, 4) is 11.5 Å². The lowest BCUT2D eigenvalue weighted by Crippen LogP contribution is -1.98. The van der Waals surface area contributed by atoms with E-state index in [1.54, 1.807) is 24.3 Å². The predicted molar refractivity (Wildman–Crippen MR) is 103 cm³/mol. The molecule has 1 heterocycles. The second-order valence-electron chi connectivity index (χ2n) is 6.54. The Balaban J connectivity index is 1.96. The molecular formula is C22H20O5. The molecule has 3 N–H and O–H groups in total. The average molecular weight is 364 g/mol. The fourth-order valence-electron chi connectivity index (χ4n) is 2.72. The first-order valence-corrected chi connectivity index (χ1v) is 8.47. The van der Waals surface area contributed by atoms with Crippen LogP contribution in [0.4, 0.5) is 0 Å². The largest absolute Gasteiger partial charge is 0.508 e. The number of allylic oxidation sites excluding steroid dienone is 2. The molecule has 0 saturated carbocycles. The number of carbonyl (C=O) groups excluding carboxylic acids is 1. The number of cyclic esters (lactones) is 1. The summed E-state index contributed by atoms with van der Waals surface area (Å²) in [6.07, 6.45) is 4.12. The molecule has 27 heavy (non-hydrogen) atoms. The molecular weight excluding hydrogens is 344 g/mol. The fraction of sp³-hybridized carbons (Fsp3) is 0.136. The lowest BCUT2D eigenvalue weighted by Gasteiger charge is -2.05. The molecule has 0 unspecified atom stereocenters. The van der Waals surface area contributed by atoms with E-state index in [4.69, 9.17) is 4.74 Å². The van der Waals surface area contributed by atoms with Gasteiger partial charge in [-0.3, -0.25) is 0 Å². The van der Waals surface area contributed by atoms with E-state index in [9.17, 15) is 20.1 Å². The third-order valence-electron chi connectivity index (χ3n) is 4.16. The second kappa shape index (κ2) is 7.41. The van der Waals surface area contributed by atoms with Gasteiger partial charge in [0.2, 0.25) is 0 Å². The van der Waals surface area contributed by atoms with Gasteiger partial charge in [0.25, 0.3) is 0 Å². The van der Waals surface area contributed by atoms with Crippen LogP contribution >= 0.6 is 0 Å². The Labute approximate surface area is 157 Å². The van der Waals surface area contributed by atoms with Crippen LogP contribution in [0.3, 0.4) is 0 Å². The van der Waals surface area contributed by atoms with Gasteiger partial charge in [-0.15, -0.1) is 0 Å². The monoisotopic (exact) mass is 364 g/mol. The van der Waals surface area contributed by atoms with Gasteiger partial charge in [-0.2, -0.15) is 0 Å². The standard InChI is InChI=1S/C22H20O5/c1-13(2)3-5-16-11-14(4-10-18(16)24)12-19-21(25)20(22(26)27-19)15-6-8-17(23)9-7-15/h3-4,6-12,23-25H,5H2,1-2H3. The number of ether oxygens (including phenoxy) is 1. The highest BCUT2D eigenvalue weighted by Gasteiger charge is 2.31. The number of hydrogen-bond acceptors (Lipinski definition) is 5. The molecule has 3 rings (SSSR count). The van der Waals surface area contributed by atoms with E-state index in [1.807, 2.05) is 19.9 Å². The quantitative estimate of drug-likeness (QED) is 0.550. The van der Waals surface area contributed by atoms with Crippen LogP contribution in [0.15, 0.2) is 65.6 Å². The number of esters is 1. The van der Waals surface area contributed by atoms with Crippen LogP contribution in [0.5, 0.6) is 11.5 Å². The molecule has 1 aliphatic rings. The van der Waals surface area contributed by atoms with E-state index in [2.05, 4.69) is 0 Å². The molecule has 0 aromatic heterocycles. The number of phenolic OH excluding ortho intramolecular Hbond substituents is 2. The first kappa shape index (κ1) is 18.3. The van der Waals surface area contributed by atoms with E-state index in [-0.39, 0.29) is 28.6 Å². The van der Waals surface area contributed by atoms with Crippen molar-refractivity contribution in [2.75, 3.05) is 0 Å². The maximum atomic E-state index is 12.2. The zero-order valence-electron chi connectivity index (χ0n) is 15.1. The topological polar surface area (TPSA) is 87.0 Å². The van der Waals surface area contributed by atoms with Crippen molar-refractivity contribution in [3.05, 3.63) is 82.3 Å². The molecule has 138 valence electrons. The molecule has 5 nitrogen and oxygen atoms in total. The van der Waals surface area contributed by atoms with Gasteiger partial charge in [-0.25, -0.2) is 4.79 Å². The maximum Gasteiger partial charge on any atom is 0.348 e.